The summed E-state index contributed by atoms with van der Waals surface area (Å²) < 4.78 is 0. The third kappa shape index (κ3) is 4.33. The van der Waals surface area contributed by atoms with E-state index in [1.807, 2.05) is 11.0 Å². The van der Waals surface area contributed by atoms with E-state index in [9.17, 15) is 9.59 Å². The van der Waals surface area contributed by atoms with E-state index >= 15 is 0 Å². The number of nitriles is 1. The van der Waals surface area contributed by atoms with E-state index in [4.69, 9.17) is 5.26 Å². The van der Waals surface area contributed by atoms with Crippen molar-refractivity contribution in [3.63, 3.8) is 0 Å². The molecule has 0 atom stereocenters. The molecular weight excluding hydrogens is 278 g/mol. The van der Waals surface area contributed by atoms with Crippen LogP contribution in [-0.2, 0) is 9.59 Å². The van der Waals surface area contributed by atoms with E-state index in [2.05, 4.69) is 6.92 Å². The molecule has 0 spiro atoms. The Morgan fingerprint density at radius 3 is 2.41 bits per heavy atom. The van der Waals surface area contributed by atoms with E-state index in [1.54, 1.807) is 11.0 Å². The average Bonchev–Trinajstić information content (AvgIpc) is 2.91. The minimum atomic E-state index is -0.130. The Morgan fingerprint density at radius 2 is 1.73 bits per heavy atom. The fourth-order valence-electron chi connectivity index (χ4n) is 3.35. The Labute approximate surface area is 132 Å². The van der Waals surface area contributed by atoms with Crippen molar-refractivity contribution in [1.82, 2.24) is 9.80 Å². The molecule has 1 aliphatic heterocycles. The van der Waals surface area contributed by atoms with Gasteiger partial charge in [-0.3, -0.25) is 9.59 Å². The van der Waals surface area contributed by atoms with Gasteiger partial charge in [0.1, 0.15) is 6.42 Å². The lowest BCUT2D eigenvalue weighted by Crippen LogP contribution is -2.36. The van der Waals surface area contributed by atoms with Crippen molar-refractivity contribution in [3.8, 4) is 6.07 Å². The van der Waals surface area contributed by atoms with Gasteiger partial charge in [-0.15, -0.1) is 0 Å². The third-order valence-electron chi connectivity index (χ3n) is 4.74. The number of rotatable bonds is 3. The van der Waals surface area contributed by atoms with Crippen LogP contribution in [0.25, 0.3) is 0 Å². The van der Waals surface area contributed by atoms with Gasteiger partial charge < -0.3 is 9.80 Å². The molecular formula is C17H25N3O2. The Bertz CT molecular complexity index is 487. The van der Waals surface area contributed by atoms with E-state index in [0.717, 1.165) is 6.42 Å². The molecule has 2 fully saturated rings. The SMILES string of the molecule is C/C(=C\C(=O)N1CCCN(C(=O)CC#N)CC1)C1CCCC1. The van der Waals surface area contributed by atoms with Crippen molar-refractivity contribution in [2.75, 3.05) is 26.2 Å². The van der Waals surface area contributed by atoms with Crippen molar-refractivity contribution < 1.29 is 9.59 Å². The van der Waals surface area contributed by atoms with Crippen molar-refractivity contribution in [2.45, 2.75) is 45.4 Å². The highest BCUT2D eigenvalue weighted by molar-refractivity contribution is 5.88. The van der Waals surface area contributed by atoms with Gasteiger partial charge in [-0.2, -0.15) is 5.26 Å². The van der Waals surface area contributed by atoms with Crippen LogP contribution in [0.15, 0.2) is 11.6 Å². The number of hydrogen-bond donors (Lipinski definition) is 0. The molecule has 1 heterocycles. The summed E-state index contributed by atoms with van der Waals surface area (Å²) in [5.74, 6) is 0.512. The van der Waals surface area contributed by atoms with Crippen molar-refractivity contribution in [3.05, 3.63) is 11.6 Å². The monoisotopic (exact) mass is 303 g/mol. The van der Waals surface area contributed by atoms with E-state index < -0.39 is 0 Å². The molecule has 120 valence electrons. The molecule has 2 rings (SSSR count). The van der Waals surface area contributed by atoms with Crippen molar-refractivity contribution in [1.29, 1.82) is 5.26 Å². The molecule has 1 saturated heterocycles. The van der Waals surface area contributed by atoms with Gasteiger partial charge in [-0.05, 0) is 32.1 Å². The number of carbonyl (C=O) groups is 2. The maximum atomic E-state index is 12.4. The minimum absolute atomic E-state index is 0.0685. The van der Waals surface area contributed by atoms with Gasteiger partial charge in [0.25, 0.3) is 0 Å². The van der Waals surface area contributed by atoms with Gasteiger partial charge in [0.05, 0.1) is 6.07 Å². The molecule has 0 aromatic rings. The third-order valence-corrected chi connectivity index (χ3v) is 4.74. The lowest BCUT2D eigenvalue weighted by Gasteiger charge is -2.21. The van der Waals surface area contributed by atoms with Gasteiger partial charge in [0.15, 0.2) is 0 Å². The second-order valence-corrected chi connectivity index (χ2v) is 6.26. The topological polar surface area (TPSA) is 64.4 Å². The Kier molecular flexibility index (Phi) is 6.00. The summed E-state index contributed by atoms with van der Waals surface area (Å²) >= 11 is 0. The summed E-state index contributed by atoms with van der Waals surface area (Å²) in [7, 11) is 0. The zero-order valence-electron chi connectivity index (χ0n) is 13.4. The summed E-state index contributed by atoms with van der Waals surface area (Å²) in [6, 6.07) is 1.90. The molecule has 0 N–H and O–H groups in total. The van der Waals surface area contributed by atoms with Gasteiger partial charge in [0, 0.05) is 32.3 Å². The van der Waals surface area contributed by atoms with Crippen LogP contribution in [0.3, 0.4) is 0 Å². The summed E-state index contributed by atoms with van der Waals surface area (Å²) in [6.45, 7) is 4.47. The molecule has 5 heteroatoms. The van der Waals surface area contributed by atoms with E-state index in [1.165, 1.54) is 31.3 Å². The smallest absolute Gasteiger partial charge is 0.246 e. The number of carbonyl (C=O) groups excluding carboxylic acids is 2. The summed E-state index contributed by atoms with van der Waals surface area (Å²) in [5.41, 5.74) is 1.20. The summed E-state index contributed by atoms with van der Waals surface area (Å²) in [5, 5.41) is 8.61. The first-order valence-corrected chi connectivity index (χ1v) is 8.23. The maximum Gasteiger partial charge on any atom is 0.246 e. The highest BCUT2D eigenvalue weighted by Gasteiger charge is 2.22. The number of amides is 2. The summed E-state index contributed by atoms with van der Waals surface area (Å²) in [4.78, 5) is 27.7. The minimum Gasteiger partial charge on any atom is -0.340 e. The van der Waals surface area contributed by atoms with Crippen LogP contribution < -0.4 is 0 Å². The second kappa shape index (κ2) is 7.98. The Hall–Kier alpha value is -1.83. The first-order chi connectivity index (χ1) is 10.6. The highest BCUT2D eigenvalue weighted by Crippen LogP contribution is 2.30. The van der Waals surface area contributed by atoms with Crippen LogP contribution in [0, 0.1) is 17.2 Å². The number of nitrogens with zero attached hydrogens (tertiary/aromatic N) is 3. The largest absolute Gasteiger partial charge is 0.340 e. The molecule has 0 aromatic heterocycles. The number of allylic oxidation sites excluding steroid dienone is 1. The van der Waals surface area contributed by atoms with E-state index in [0.29, 0.717) is 32.1 Å². The first-order valence-electron chi connectivity index (χ1n) is 8.23. The van der Waals surface area contributed by atoms with Crippen molar-refractivity contribution in [2.24, 2.45) is 5.92 Å². The molecule has 5 nitrogen and oxygen atoms in total. The van der Waals surface area contributed by atoms with Crippen molar-refractivity contribution >= 4 is 11.8 Å². The van der Waals surface area contributed by atoms with Crippen LogP contribution in [0.1, 0.15) is 45.4 Å². The predicted octanol–water partition coefficient (Wildman–Crippen LogP) is 2.10. The highest BCUT2D eigenvalue weighted by atomic mass is 16.2. The van der Waals surface area contributed by atoms with Crippen LogP contribution in [0.4, 0.5) is 0 Å². The molecule has 1 saturated carbocycles. The normalized spacial score (nSPS) is 20.6. The molecule has 0 radical (unpaired) electrons. The maximum absolute atomic E-state index is 12.4. The van der Waals surface area contributed by atoms with Gasteiger partial charge in [-0.25, -0.2) is 0 Å². The first kappa shape index (κ1) is 16.5. The molecule has 0 bridgehead atoms. The molecule has 0 unspecified atom stereocenters. The van der Waals surface area contributed by atoms with Gasteiger partial charge >= 0.3 is 0 Å². The second-order valence-electron chi connectivity index (χ2n) is 6.26. The predicted molar refractivity (Wildman–Crippen MR) is 83.7 cm³/mol. The van der Waals surface area contributed by atoms with Crippen LogP contribution in [-0.4, -0.2) is 47.8 Å². The molecule has 22 heavy (non-hydrogen) atoms. The van der Waals surface area contributed by atoms with Gasteiger partial charge in [0.2, 0.25) is 11.8 Å². The van der Waals surface area contributed by atoms with Gasteiger partial charge in [-0.1, -0.05) is 18.4 Å². The Balaban J connectivity index is 1.90. The summed E-state index contributed by atoms with van der Waals surface area (Å²) in [6.07, 6.45) is 7.43. The standard InChI is InChI=1S/C17H25N3O2/c1-14(15-5-2-3-6-15)13-17(22)20-10-4-9-19(11-12-20)16(21)7-8-18/h13,15H,2-7,9-12H2,1H3/b14-13+. The quantitative estimate of drug-likeness (QED) is 0.750. The average molecular weight is 303 g/mol. The van der Waals surface area contributed by atoms with Crippen LogP contribution in [0.2, 0.25) is 0 Å². The number of hydrogen-bond acceptors (Lipinski definition) is 3. The molecule has 2 aliphatic rings. The zero-order valence-corrected chi connectivity index (χ0v) is 13.4. The lowest BCUT2D eigenvalue weighted by atomic mass is 9.98. The van der Waals surface area contributed by atoms with E-state index in [-0.39, 0.29) is 18.2 Å². The molecule has 2 amide bonds. The fraction of sp³-hybridized carbons (Fsp3) is 0.706. The van der Waals surface area contributed by atoms with Crippen LogP contribution in [0.5, 0.6) is 0 Å². The molecule has 0 aromatic carbocycles. The lowest BCUT2D eigenvalue weighted by molar-refractivity contribution is -0.131. The van der Waals surface area contributed by atoms with Crippen LogP contribution >= 0.6 is 0 Å². The fourth-order valence-corrected chi connectivity index (χ4v) is 3.35. The molecule has 1 aliphatic carbocycles. The Morgan fingerprint density at radius 1 is 1.09 bits per heavy atom. The zero-order chi connectivity index (χ0) is 15.9.